The van der Waals surface area contributed by atoms with E-state index in [1.807, 2.05) is 12.1 Å². The standard InChI is InChI=1S/C19H23N3O5/c1-4-5-6-12-7-9-13(10-8-12)18(25)27-11-14(23)15-16(20)21(2)19(26)22(3)17(15)24/h7-10H,4-6,11,20H2,1-3H3. The third-order valence-corrected chi connectivity index (χ3v) is 4.33. The van der Waals surface area contributed by atoms with Gasteiger partial charge in [-0.05, 0) is 30.5 Å². The van der Waals surface area contributed by atoms with Crippen molar-refractivity contribution in [2.24, 2.45) is 14.1 Å². The molecule has 0 atom stereocenters. The van der Waals surface area contributed by atoms with Gasteiger partial charge in [-0.3, -0.25) is 18.7 Å². The highest BCUT2D eigenvalue weighted by molar-refractivity contribution is 6.02. The van der Waals surface area contributed by atoms with Crippen molar-refractivity contribution >= 4 is 17.6 Å². The Hall–Kier alpha value is -3.16. The summed E-state index contributed by atoms with van der Waals surface area (Å²) in [4.78, 5) is 48.4. The summed E-state index contributed by atoms with van der Waals surface area (Å²) in [7, 11) is 2.59. The van der Waals surface area contributed by atoms with Crippen LogP contribution < -0.4 is 17.0 Å². The molecule has 0 spiro atoms. The van der Waals surface area contributed by atoms with Gasteiger partial charge in [0.05, 0.1) is 5.56 Å². The molecule has 27 heavy (non-hydrogen) atoms. The molecule has 0 saturated carbocycles. The number of ketones is 1. The van der Waals surface area contributed by atoms with Crippen LogP contribution in [0.15, 0.2) is 33.9 Å². The molecule has 8 nitrogen and oxygen atoms in total. The zero-order chi connectivity index (χ0) is 20.1. The topological polar surface area (TPSA) is 113 Å². The minimum atomic E-state index is -0.822. The first-order chi connectivity index (χ1) is 12.8. The van der Waals surface area contributed by atoms with E-state index in [1.54, 1.807) is 12.1 Å². The van der Waals surface area contributed by atoms with E-state index in [0.29, 0.717) is 5.56 Å². The summed E-state index contributed by atoms with van der Waals surface area (Å²) in [5.41, 5.74) is 5.30. The fraction of sp³-hybridized carbons (Fsp3) is 0.368. The zero-order valence-electron chi connectivity index (χ0n) is 15.7. The number of benzene rings is 1. The molecule has 0 aliphatic rings. The molecule has 0 fully saturated rings. The second-order valence-corrected chi connectivity index (χ2v) is 6.27. The molecule has 2 rings (SSSR count). The Kier molecular flexibility index (Phi) is 6.33. The van der Waals surface area contributed by atoms with Crippen molar-refractivity contribution in [3.63, 3.8) is 0 Å². The second-order valence-electron chi connectivity index (χ2n) is 6.27. The fourth-order valence-electron chi connectivity index (χ4n) is 2.60. The molecule has 1 aromatic heterocycles. The molecule has 0 aliphatic heterocycles. The monoisotopic (exact) mass is 373 g/mol. The van der Waals surface area contributed by atoms with E-state index in [2.05, 4.69) is 6.92 Å². The summed E-state index contributed by atoms with van der Waals surface area (Å²) in [5.74, 6) is -1.70. The van der Waals surface area contributed by atoms with Crippen LogP contribution in [0.4, 0.5) is 5.82 Å². The molecule has 0 aliphatic carbocycles. The number of nitrogens with zero attached hydrogens (tertiary/aromatic N) is 2. The van der Waals surface area contributed by atoms with E-state index in [9.17, 15) is 19.2 Å². The number of nitrogens with two attached hydrogens (primary N) is 1. The van der Waals surface area contributed by atoms with Crippen molar-refractivity contribution in [3.8, 4) is 0 Å². The van der Waals surface area contributed by atoms with Crippen LogP contribution in [0.25, 0.3) is 0 Å². The first-order valence-electron chi connectivity index (χ1n) is 8.62. The molecule has 0 bridgehead atoms. The lowest BCUT2D eigenvalue weighted by Gasteiger charge is -2.11. The Morgan fingerprint density at radius 1 is 1.07 bits per heavy atom. The number of ether oxygens (including phenoxy) is 1. The molecule has 0 radical (unpaired) electrons. The van der Waals surface area contributed by atoms with Crippen molar-refractivity contribution < 1.29 is 14.3 Å². The number of Topliss-reactive ketones (excluding diaryl/α,β-unsaturated/α-hetero) is 1. The number of carbonyl (C=O) groups excluding carboxylic acids is 2. The van der Waals surface area contributed by atoms with Gasteiger partial charge in [-0.2, -0.15) is 0 Å². The number of aromatic nitrogens is 2. The Morgan fingerprint density at radius 3 is 2.30 bits per heavy atom. The van der Waals surface area contributed by atoms with Gasteiger partial charge in [0.25, 0.3) is 5.56 Å². The molecule has 1 heterocycles. The number of anilines is 1. The number of unbranched alkanes of at least 4 members (excludes halogenated alkanes) is 1. The Labute approximate surface area is 156 Å². The van der Waals surface area contributed by atoms with E-state index in [4.69, 9.17) is 10.5 Å². The maximum atomic E-state index is 12.3. The zero-order valence-corrected chi connectivity index (χ0v) is 15.7. The lowest BCUT2D eigenvalue weighted by atomic mass is 10.1. The third kappa shape index (κ3) is 4.33. The second kappa shape index (κ2) is 8.48. The molecular weight excluding hydrogens is 350 g/mol. The van der Waals surface area contributed by atoms with Gasteiger partial charge in [0.2, 0.25) is 5.78 Å². The van der Waals surface area contributed by atoms with Crippen LogP contribution in [-0.2, 0) is 25.3 Å². The first kappa shape index (κ1) is 20.2. The Morgan fingerprint density at radius 2 is 1.70 bits per heavy atom. The fourth-order valence-corrected chi connectivity index (χ4v) is 2.60. The molecule has 8 heteroatoms. The third-order valence-electron chi connectivity index (χ3n) is 4.33. The van der Waals surface area contributed by atoms with E-state index in [0.717, 1.165) is 34.0 Å². The van der Waals surface area contributed by atoms with E-state index in [1.165, 1.54) is 14.1 Å². The number of hydrogen-bond donors (Lipinski definition) is 1. The average Bonchev–Trinajstić information content (AvgIpc) is 2.67. The summed E-state index contributed by atoms with van der Waals surface area (Å²) >= 11 is 0. The minimum absolute atomic E-state index is 0.260. The maximum Gasteiger partial charge on any atom is 0.338 e. The summed E-state index contributed by atoms with van der Waals surface area (Å²) in [6.07, 6.45) is 3.08. The van der Waals surface area contributed by atoms with Crippen LogP contribution in [0, 0.1) is 0 Å². The predicted octanol–water partition coefficient (Wildman–Crippen LogP) is 1.05. The highest BCUT2D eigenvalue weighted by atomic mass is 16.5. The van der Waals surface area contributed by atoms with E-state index >= 15 is 0 Å². The normalized spacial score (nSPS) is 10.6. The van der Waals surface area contributed by atoms with Gasteiger partial charge in [-0.1, -0.05) is 25.5 Å². The minimum Gasteiger partial charge on any atom is -0.454 e. The van der Waals surface area contributed by atoms with Gasteiger partial charge in [0.15, 0.2) is 6.61 Å². The molecule has 0 saturated heterocycles. The molecular formula is C19H23N3O5. The van der Waals surface area contributed by atoms with Crippen LogP contribution in [0.1, 0.15) is 46.0 Å². The highest BCUT2D eigenvalue weighted by Gasteiger charge is 2.21. The van der Waals surface area contributed by atoms with Crippen LogP contribution in [0.2, 0.25) is 0 Å². The highest BCUT2D eigenvalue weighted by Crippen LogP contribution is 2.10. The van der Waals surface area contributed by atoms with Crippen molar-refractivity contribution in [1.82, 2.24) is 9.13 Å². The van der Waals surface area contributed by atoms with Crippen LogP contribution in [-0.4, -0.2) is 27.5 Å². The quantitative estimate of drug-likeness (QED) is 0.573. The van der Waals surface area contributed by atoms with Gasteiger partial charge in [-0.25, -0.2) is 9.59 Å². The van der Waals surface area contributed by atoms with Crippen molar-refractivity contribution in [2.75, 3.05) is 12.3 Å². The summed E-state index contributed by atoms with van der Waals surface area (Å²) in [5, 5.41) is 0. The predicted molar refractivity (Wildman–Crippen MR) is 101 cm³/mol. The Bertz CT molecular complexity index is 971. The number of nitrogen functional groups attached to an aromatic ring is 1. The van der Waals surface area contributed by atoms with Crippen molar-refractivity contribution in [3.05, 3.63) is 61.8 Å². The van der Waals surface area contributed by atoms with Gasteiger partial charge in [0, 0.05) is 14.1 Å². The van der Waals surface area contributed by atoms with Gasteiger partial charge in [0.1, 0.15) is 11.4 Å². The molecule has 0 amide bonds. The number of aryl methyl sites for hydroxylation is 1. The lowest BCUT2D eigenvalue weighted by Crippen LogP contribution is -2.42. The van der Waals surface area contributed by atoms with Crippen LogP contribution in [0.5, 0.6) is 0 Å². The number of carbonyl (C=O) groups is 2. The number of hydrogen-bond acceptors (Lipinski definition) is 6. The van der Waals surface area contributed by atoms with Gasteiger partial charge in [-0.15, -0.1) is 0 Å². The smallest absolute Gasteiger partial charge is 0.338 e. The van der Waals surface area contributed by atoms with Gasteiger partial charge >= 0.3 is 11.7 Å². The molecule has 144 valence electrons. The molecule has 1 aromatic carbocycles. The summed E-state index contributed by atoms with van der Waals surface area (Å²) in [6, 6.07) is 6.96. The number of esters is 1. The SMILES string of the molecule is CCCCc1ccc(C(=O)OCC(=O)c2c(N)n(C)c(=O)n(C)c2=O)cc1. The van der Waals surface area contributed by atoms with Crippen molar-refractivity contribution in [1.29, 1.82) is 0 Å². The maximum absolute atomic E-state index is 12.3. The van der Waals surface area contributed by atoms with Gasteiger partial charge < -0.3 is 10.5 Å². The molecule has 2 N–H and O–H groups in total. The van der Waals surface area contributed by atoms with E-state index in [-0.39, 0.29) is 11.4 Å². The Balaban J connectivity index is 2.11. The lowest BCUT2D eigenvalue weighted by molar-refractivity contribution is 0.0474. The number of rotatable bonds is 7. The van der Waals surface area contributed by atoms with Crippen LogP contribution in [0.3, 0.4) is 0 Å². The first-order valence-corrected chi connectivity index (χ1v) is 8.62. The van der Waals surface area contributed by atoms with Crippen molar-refractivity contribution in [2.45, 2.75) is 26.2 Å². The summed E-state index contributed by atoms with van der Waals surface area (Å²) in [6.45, 7) is 1.46. The summed E-state index contributed by atoms with van der Waals surface area (Å²) < 4.78 is 6.78. The van der Waals surface area contributed by atoms with E-state index < -0.39 is 29.6 Å². The molecule has 0 unspecified atom stereocenters. The largest absolute Gasteiger partial charge is 0.454 e. The molecule has 2 aromatic rings. The van der Waals surface area contributed by atoms with Crippen LogP contribution >= 0.6 is 0 Å². The average molecular weight is 373 g/mol.